The molecular weight excluding hydrogens is 202 g/mol. The Labute approximate surface area is 97.4 Å². The minimum atomic E-state index is 0.443. The zero-order valence-electron chi connectivity index (χ0n) is 10.3. The molecule has 0 fully saturated rings. The molecule has 0 aliphatic carbocycles. The first-order chi connectivity index (χ1) is 7.69. The summed E-state index contributed by atoms with van der Waals surface area (Å²) < 4.78 is 5.13. The van der Waals surface area contributed by atoms with E-state index in [1.54, 1.807) is 13.3 Å². The maximum Gasteiger partial charge on any atom is 0.214 e. The molecule has 0 spiro atoms. The lowest BCUT2D eigenvalue weighted by Gasteiger charge is -2.29. The van der Waals surface area contributed by atoms with Crippen molar-refractivity contribution in [2.75, 3.05) is 25.1 Å². The van der Waals surface area contributed by atoms with Crippen LogP contribution in [0.4, 0.5) is 5.69 Å². The van der Waals surface area contributed by atoms with E-state index in [0.717, 1.165) is 18.7 Å². The fourth-order valence-corrected chi connectivity index (χ4v) is 1.64. The van der Waals surface area contributed by atoms with E-state index in [4.69, 9.17) is 10.5 Å². The van der Waals surface area contributed by atoms with Crippen molar-refractivity contribution >= 4 is 5.69 Å². The topological polar surface area (TPSA) is 51.4 Å². The Morgan fingerprint density at radius 2 is 2.25 bits per heavy atom. The van der Waals surface area contributed by atoms with E-state index in [-0.39, 0.29) is 0 Å². The molecule has 1 heterocycles. The fourth-order valence-electron chi connectivity index (χ4n) is 1.64. The van der Waals surface area contributed by atoms with Crippen molar-refractivity contribution in [1.82, 2.24) is 4.98 Å². The van der Waals surface area contributed by atoms with Gasteiger partial charge in [-0.15, -0.1) is 0 Å². The average molecular weight is 223 g/mol. The van der Waals surface area contributed by atoms with Crippen molar-refractivity contribution in [3.63, 3.8) is 0 Å². The van der Waals surface area contributed by atoms with Crippen LogP contribution >= 0.6 is 0 Å². The number of nitrogens with two attached hydrogens (primary N) is 1. The van der Waals surface area contributed by atoms with Gasteiger partial charge < -0.3 is 15.4 Å². The van der Waals surface area contributed by atoms with Gasteiger partial charge in [0.1, 0.15) is 0 Å². The summed E-state index contributed by atoms with van der Waals surface area (Å²) in [6, 6.07) is 4.40. The first-order valence-corrected chi connectivity index (χ1v) is 5.65. The Balaban J connectivity index is 2.82. The van der Waals surface area contributed by atoms with Crippen molar-refractivity contribution in [1.29, 1.82) is 0 Å². The Bertz CT molecular complexity index is 315. The highest BCUT2D eigenvalue weighted by Gasteiger charge is 2.10. The van der Waals surface area contributed by atoms with E-state index >= 15 is 0 Å². The molecule has 0 aromatic carbocycles. The van der Waals surface area contributed by atoms with Gasteiger partial charge in [0.05, 0.1) is 7.11 Å². The molecule has 0 unspecified atom stereocenters. The number of ether oxygens (including phenoxy) is 1. The Hall–Kier alpha value is -1.29. The molecule has 0 atom stereocenters. The lowest BCUT2D eigenvalue weighted by Crippen LogP contribution is -2.32. The van der Waals surface area contributed by atoms with Gasteiger partial charge in [0.15, 0.2) is 0 Å². The lowest BCUT2D eigenvalue weighted by molar-refractivity contribution is 0.397. The molecule has 0 saturated carbocycles. The summed E-state index contributed by atoms with van der Waals surface area (Å²) in [6.07, 6.45) is 2.76. The maximum absolute atomic E-state index is 5.55. The van der Waals surface area contributed by atoms with Gasteiger partial charge in [-0.05, 0) is 32.9 Å². The normalized spacial score (nSPS) is 10.6. The van der Waals surface area contributed by atoms with E-state index < -0.39 is 0 Å². The van der Waals surface area contributed by atoms with Crippen LogP contribution in [0, 0.1) is 0 Å². The van der Waals surface area contributed by atoms with Gasteiger partial charge in [0.2, 0.25) is 5.88 Å². The van der Waals surface area contributed by atoms with Crippen LogP contribution in [0.15, 0.2) is 18.3 Å². The predicted molar refractivity (Wildman–Crippen MR) is 66.9 cm³/mol. The van der Waals surface area contributed by atoms with Crippen molar-refractivity contribution in [3.8, 4) is 5.88 Å². The molecule has 0 aliphatic heterocycles. The van der Waals surface area contributed by atoms with Crippen LogP contribution in [0.1, 0.15) is 20.3 Å². The van der Waals surface area contributed by atoms with Gasteiger partial charge in [-0.3, -0.25) is 0 Å². The van der Waals surface area contributed by atoms with Crippen molar-refractivity contribution in [2.24, 2.45) is 5.73 Å². The van der Waals surface area contributed by atoms with Crippen LogP contribution in [0.5, 0.6) is 5.88 Å². The maximum atomic E-state index is 5.55. The number of nitrogens with zero attached hydrogens (tertiary/aromatic N) is 2. The summed E-state index contributed by atoms with van der Waals surface area (Å²) in [5.74, 6) is 0.649. The summed E-state index contributed by atoms with van der Waals surface area (Å²) in [4.78, 5) is 6.41. The Kier molecular flexibility index (Phi) is 5.05. The SMILES string of the molecule is COc1cc(N(CCCN)C(C)C)ccn1. The molecule has 1 aromatic heterocycles. The van der Waals surface area contributed by atoms with Crippen molar-refractivity contribution < 1.29 is 4.74 Å². The molecule has 1 rings (SSSR count). The molecule has 16 heavy (non-hydrogen) atoms. The van der Waals surface area contributed by atoms with E-state index in [2.05, 4.69) is 23.7 Å². The fraction of sp³-hybridized carbons (Fsp3) is 0.583. The summed E-state index contributed by atoms with van der Waals surface area (Å²) in [6.45, 7) is 6.01. The molecule has 4 nitrogen and oxygen atoms in total. The minimum Gasteiger partial charge on any atom is -0.481 e. The van der Waals surface area contributed by atoms with Gasteiger partial charge in [-0.1, -0.05) is 0 Å². The standard InChI is InChI=1S/C12H21N3O/c1-10(2)15(8-4-6-13)11-5-7-14-12(9-11)16-3/h5,7,9-10H,4,6,8,13H2,1-3H3. The van der Waals surface area contributed by atoms with Crippen LogP contribution in [0.3, 0.4) is 0 Å². The van der Waals surface area contributed by atoms with Crippen LogP contribution in [0.25, 0.3) is 0 Å². The third-order valence-corrected chi connectivity index (χ3v) is 2.49. The van der Waals surface area contributed by atoms with Crippen LogP contribution < -0.4 is 15.4 Å². The summed E-state index contributed by atoms with van der Waals surface area (Å²) in [5.41, 5.74) is 6.68. The highest BCUT2D eigenvalue weighted by atomic mass is 16.5. The van der Waals surface area contributed by atoms with Gasteiger partial charge in [-0.2, -0.15) is 0 Å². The highest BCUT2D eigenvalue weighted by Crippen LogP contribution is 2.20. The van der Waals surface area contributed by atoms with Crippen LogP contribution in [-0.4, -0.2) is 31.2 Å². The van der Waals surface area contributed by atoms with Crippen LogP contribution in [0.2, 0.25) is 0 Å². The Morgan fingerprint density at radius 3 is 2.81 bits per heavy atom. The third-order valence-electron chi connectivity index (χ3n) is 2.49. The molecule has 0 radical (unpaired) electrons. The van der Waals surface area contributed by atoms with E-state index in [1.165, 1.54) is 0 Å². The molecule has 0 amide bonds. The first-order valence-electron chi connectivity index (χ1n) is 5.65. The third kappa shape index (κ3) is 3.38. The number of hydrogen-bond donors (Lipinski definition) is 1. The summed E-state index contributed by atoms with van der Waals surface area (Å²) in [5, 5.41) is 0. The molecule has 0 saturated heterocycles. The van der Waals surface area contributed by atoms with E-state index in [0.29, 0.717) is 18.5 Å². The largest absolute Gasteiger partial charge is 0.481 e. The lowest BCUT2D eigenvalue weighted by atomic mass is 10.2. The van der Waals surface area contributed by atoms with Gasteiger partial charge in [0.25, 0.3) is 0 Å². The van der Waals surface area contributed by atoms with Crippen molar-refractivity contribution in [2.45, 2.75) is 26.3 Å². The molecule has 1 aromatic rings. The second-order valence-electron chi connectivity index (χ2n) is 3.99. The first kappa shape index (κ1) is 12.8. The number of anilines is 1. The number of hydrogen-bond acceptors (Lipinski definition) is 4. The quantitative estimate of drug-likeness (QED) is 0.796. The van der Waals surface area contributed by atoms with E-state index in [1.807, 2.05) is 12.1 Å². The smallest absolute Gasteiger partial charge is 0.214 e. The van der Waals surface area contributed by atoms with Crippen LogP contribution in [-0.2, 0) is 0 Å². The number of pyridine rings is 1. The number of rotatable bonds is 6. The van der Waals surface area contributed by atoms with Gasteiger partial charge in [-0.25, -0.2) is 4.98 Å². The van der Waals surface area contributed by atoms with E-state index in [9.17, 15) is 0 Å². The molecule has 2 N–H and O–H groups in total. The zero-order valence-corrected chi connectivity index (χ0v) is 10.3. The number of aromatic nitrogens is 1. The zero-order chi connectivity index (χ0) is 12.0. The summed E-state index contributed by atoms with van der Waals surface area (Å²) in [7, 11) is 1.63. The molecule has 0 aliphatic rings. The Morgan fingerprint density at radius 1 is 1.50 bits per heavy atom. The number of methoxy groups -OCH3 is 1. The van der Waals surface area contributed by atoms with Crippen molar-refractivity contribution in [3.05, 3.63) is 18.3 Å². The average Bonchev–Trinajstić information content (AvgIpc) is 2.29. The van der Waals surface area contributed by atoms with Gasteiger partial charge >= 0.3 is 0 Å². The molecular formula is C12H21N3O. The second-order valence-corrected chi connectivity index (χ2v) is 3.99. The highest BCUT2D eigenvalue weighted by molar-refractivity contribution is 5.48. The van der Waals surface area contributed by atoms with Gasteiger partial charge in [0, 0.05) is 30.5 Å². The summed E-state index contributed by atoms with van der Waals surface area (Å²) >= 11 is 0. The molecule has 4 heteroatoms. The molecule has 90 valence electrons. The minimum absolute atomic E-state index is 0.443. The second kappa shape index (κ2) is 6.33. The predicted octanol–water partition coefficient (Wildman–Crippen LogP) is 1.65. The molecule has 0 bridgehead atoms. The monoisotopic (exact) mass is 223 g/mol.